The van der Waals surface area contributed by atoms with E-state index in [1.165, 1.54) is 18.2 Å². The molecule has 0 aliphatic heterocycles. The molecule has 0 aromatic heterocycles. The molecule has 2 aromatic carbocycles. The van der Waals surface area contributed by atoms with Crippen LogP contribution in [0.4, 0.5) is 5.69 Å². The molecule has 29 heavy (non-hydrogen) atoms. The molecule has 2 aromatic rings. The maximum absolute atomic E-state index is 13.0. The largest absolute Gasteiger partial charge is 0.349 e. The Balaban J connectivity index is 1.48. The summed E-state index contributed by atoms with van der Waals surface area (Å²) < 4.78 is 0. The molecule has 2 saturated carbocycles. The van der Waals surface area contributed by atoms with Crippen LogP contribution in [0.3, 0.4) is 0 Å². The summed E-state index contributed by atoms with van der Waals surface area (Å²) in [6.45, 7) is 0.390. The number of rotatable bonds is 7. The lowest BCUT2D eigenvalue weighted by Crippen LogP contribution is -2.32. The van der Waals surface area contributed by atoms with Crippen molar-refractivity contribution >= 4 is 29.1 Å². The minimum Gasteiger partial charge on any atom is -0.349 e. The van der Waals surface area contributed by atoms with Crippen LogP contribution < -0.4 is 5.32 Å². The van der Waals surface area contributed by atoms with Gasteiger partial charge >= 0.3 is 0 Å². The topological polar surface area (TPSA) is 92.6 Å². The Morgan fingerprint density at radius 1 is 1.10 bits per heavy atom. The first kappa shape index (κ1) is 19.4. The number of carbonyl (C=O) groups is 2. The molecule has 2 fully saturated rings. The lowest BCUT2D eigenvalue weighted by atomic mass is 10.1. The summed E-state index contributed by atoms with van der Waals surface area (Å²) in [5.41, 5.74) is 1.61. The van der Waals surface area contributed by atoms with E-state index in [2.05, 4.69) is 5.32 Å². The third-order valence-corrected chi connectivity index (χ3v) is 5.44. The first-order valence-electron chi connectivity index (χ1n) is 9.57. The summed E-state index contributed by atoms with van der Waals surface area (Å²) in [4.78, 5) is 37.2. The second-order valence-electron chi connectivity index (χ2n) is 7.53. The standard InChI is InChI=1S/C21H20ClN3O4/c22-19-11-17(25(28)29)9-10-18(19)21(27)24(16-7-8-16)12-13-1-3-14(4-2-13)20(26)23-15-5-6-15/h1-4,9-11,15-16H,5-8,12H2,(H,23,26). The second-order valence-corrected chi connectivity index (χ2v) is 7.94. The molecular formula is C21H20ClN3O4. The predicted octanol–water partition coefficient (Wildman–Crippen LogP) is 3.95. The Kier molecular flexibility index (Phi) is 5.24. The number of nitrogens with one attached hydrogen (secondary N) is 1. The van der Waals surface area contributed by atoms with Crippen molar-refractivity contribution in [3.63, 3.8) is 0 Å². The number of non-ortho nitro benzene ring substituents is 1. The van der Waals surface area contributed by atoms with Gasteiger partial charge in [-0.1, -0.05) is 23.7 Å². The van der Waals surface area contributed by atoms with Crippen LogP contribution in [0.25, 0.3) is 0 Å². The summed E-state index contributed by atoms with van der Waals surface area (Å²) in [5.74, 6) is -0.324. The van der Waals surface area contributed by atoms with Gasteiger partial charge in [0.1, 0.15) is 0 Å². The molecule has 0 unspecified atom stereocenters. The molecule has 2 aliphatic rings. The highest BCUT2D eigenvalue weighted by atomic mass is 35.5. The van der Waals surface area contributed by atoms with Gasteiger partial charge in [-0.15, -0.1) is 0 Å². The van der Waals surface area contributed by atoms with Crippen LogP contribution in [-0.2, 0) is 6.54 Å². The van der Waals surface area contributed by atoms with E-state index in [-0.39, 0.29) is 34.1 Å². The van der Waals surface area contributed by atoms with Crippen molar-refractivity contribution in [2.45, 2.75) is 44.3 Å². The van der Waals surface area contributed by atoms with Gasteiger partial charge in [-0.2, -0.15) is 0 Å². The molecule has 0 spiro atoms. The molecule has 1 N–H and O–H groups in total. The van der Waals surface area contributed by atoms with Crippen molar-refractivity contribution in [3.8, 4) is 0 Å². The molecule has 8 heteroatoms. The zero-order valence-electron chi connectivity index (χ0n) is 15.6. The molecule has 0 saturated heterocycles. The van der Waals surface area contributed by atoms with Crippen molar-refractivity contribution in [1.82, 2.24) is 10.2 Å². The summed E-state index contributed by atoms with van der Waals surface area (Å²) >= 11 is 6.15. The number of halogens is 1. The molecule has 2 aliphatic carbocycles. The zero-order valence-corrected chi connectivity index (χ0v) is 16.4. The number of hydrogen-bond acceptors (Lipinski definition) is 4. The monoisotopic (exact) mass is 413 g/mol. The quantitative estimate of drug-likeness (QED) is 0.549. The molecule has 4 rings (SSSR count). The number of hydrogen-bond donors (Lipinski definition) is 1. The van der Waals surface area contributed by atoms with Gasteiger partial charge in [0.2, 0.25) is 0 Å². The van der Waals surface area contributed by atoms with E-state index in [0.717, 1.165) is 31.2 Å². The van der Waals surface area contributed by atoms with Gasteiger partial charge < -0.3 is 10.2 Å². The first-order chi connectivity index (χ1) is 13.9. The third-order valence-electron chi connectivity index (χ3n) is 5.12. The van der Waals surface area contributed by atoms with Gasteiger partial charge in [0.05, 0.1) is 15.5 Å². The van der Waals surface area contributed by atoms with E-state index >= 15 is 0 Å². The number of carbonyl (C=O) groups excluding carboxylic acids is 2. The van der Waals surface area contributed by atoms with Gasteiger partial charge in [-0.25, -0.2) is 0 Å². The van der Waals surface area contributed by atoms with E-state index in [4.69, 9.17) is 11.6 Å². The van der Waals surface area contributed by atoms with E-state index < -0.39 is 4.92 Å². The molecule has 7 nitrogen and oxygen atoms in total. The Morgan fingerprint density at radius 3 is 2.34 bits per heavy atom. The van der Waals surface area contributed by atoms with Crippen LogP contribution in [0.2, 0.25) is 5.02 Å². The predicted molar refractivity (Wildman–Crippen MR) is 108 cm³/mol. The second kappa shape index (κ2) is 7.83. The Morgan fingerprint density at radius 2 is 1.79 bits per heavy atom. The molecule has 2 amide bonds. The fourth-order valence-corrected chi connectivity index (χ4v) is 3.41. The summed E-state index contributed by atoms with van der Waals surface area (Å²) in [5, 5.41) is 13.9. The van der Waals surface area contributed by atoms with Gasteiger partial charge in [-0.3, -0.25) is 19.7 Å². The highest BCUT2D eigenvalue weighted by Crippen LogP contribution is 2.32. The third kappa shape index (κ3) is 4.56. The lowest BCUT2D eigenvalue weighted by molar-refractivity contribution is -0.384. The molecular weight excluding hydrogens is 394 g/mol. The molecule has 150 valence electrons. The van der Waals surface area contributed by atoms with E-state index in [1.807, 2.05) is 12.1 Å². The van der Waals surface area contributed by atoms with Gasteiger partial charge in [-0.05, 0) is 49.4 Å². The average Bonchev–Trinajstić information content (AvgIpc) is 3.60. The van der Waals surface area contributed by atoms with E-state index in [0.29, 0.717) is 18.2 Å². The average molecular weight is 414 g/mol. The lowest BCUT2D eigenvalue weighted by Gasteiger charge is -2.23. The van der Waals surface area contributed by atoms with Crippen molar-refractivity contribution in [2.75, 3.05) is 0 Å². The number of nitro groups is 1. The Labute approximate surface area is 172 Å². The maximum atomic E-state index is 13.0. The normalized spacial score (nSPS) is 15.6. The zero-order chi connectivity index (χ0) is 20.5. The van der Waals surface area contributed by atoms with Crippen LogP contribution in [-0.4, -0.2) is 33.7 Å². The van der Waals surface area contributed by atoms with Crippen LogP contribution in [0, 0.1) is 10.1 Å². The number of nitrogens with zero attached hydrogens (tertiary/aromatic N) is 2. The summed E-state index contributed by atoms with van der Waals surface area (Å²) in [6.07, 6.45) is 3.90. The summed E-state index contributed by atoms with van der Waals surface area (Å²) in [6, 6.07) is 11.6. The Bertz CT molecular complexity index is 968. The highest BCUT2D eigenvalue weighted by molar-refractivity contribution is 6.34. The van der Waals surface area contributed by atoms with Crippen LogP contribution in [0.1, 0.15) is 52.0 Å². The van der Waals surface area contributed by atoms with Crippen molar-refractivity contribution in [2.24, 2.45) is 0 Å². The Hall–Kier alpha value is -2.93. The van der Waals surface area contributed by atoms with Gasteiger partial charge in [0, 0.05) is 36.3 Å². The van der Waals surface area contributed by atoms with Gasteiger partial charge in [0.15, 0.2) is 0 Å². The van der Waals surface area contributed by atoms with E-state index in [1.54, 1.807) is 17.0 Å². The molecule has 0 bridgehead atoms. The fourth-order valence-electron chi connectivity index (χ4n) is 3.15. The molecule has 0 heterocycles. The number of benzene rings is 2. The minimum atomic E-state index is -0.542. The van der Waals surface area contributed by atoms with Crippen molar-refractivity contribution < 1.29 is 14.5 Å². The van der Waals surface area contributed by atoms with Crippen LogP contribution >= 0.6 is 11.6 Å². The highest BCUT2D eigenvalue weighted by Gasteiger charge is 2.34. The number of nitro benzene ring substituents is 1. The van der Waals surface area contributed by atoms with Crippen LogP contribution in [0.15, 0.2) is 42.5 Å². The van der Waals surface area contributed by atoms with Gasteiger partial charge in [0.25, 0.3) is 17.5 Å². The molecule has 0 atom stereocenters. The molecule has 0 radical (unpaired) electrons. The first-order valence-corrected chi connectivity index (χ1v) is 9.95. The van der Waals surface area contributed by atoms with Crippen molar-refractivity contribution in [1.29, 1.82) is 0 Å². The van der Waals surface area contributed by atoms with E-state index in [9.17, 15) is 19.7 Å². The number of amides is 2. The maximum Gasteiger partial charge on any atom is 0.270 e. The summed E-state index contributed by atoms with van der Waals surface area (Å²) in [7, 11) is 0. The SMILES string of the molecule is O=C(NC1CC1)c1ccc(CN(C(=O)c2ccc([N+](=O)[O-])cc2Cl)C2CC2)cc1. The minimum absolute atomic E-state index is 0.0712. The van der Waals surface area contributed by atoms with Crippen molar-refractivity contribution in [3.05, 3.63) is 74.3 Å². The van der Waals surface area contributed by atoms with Crippen LogP contribution in [0.5, 0.6) is 0 Å². The fraction of sp³-hybridized carbons (Fsp3) is 0.333. The smallest absolute Gasteiger partial charge is 0.270 e.